The Morgan fingerprint density at radius 3 is 2.80 bits per heavy atom. The van der Waals surface area contributed by atoms with Crippen molar-refractivity contribution in [2.45, 2.75) is 6.42 Å². The molecule has 1 aromatic heterocycles. The van der Waals surface area contributed by atoms with Crippen LogP contribution in [0, 0.1) is 0 Å². The first kappa shape index (κ1) is 11.8. The fraction of sp³-hybridized carbons (Fsp3) is 0.400. The van der Waals surface area contributed by atoms with Crippen LogP contribution in [0.5, 0.6) is 0 Å². The summed E-state index contributed by atoms with van der Waals surface area (Å²) in [5.74, 6) is 0.394. The number of hydrogen-bond acceptors (Lipinski definition) is 2. The molecule has 0 saturated heterocycles. The lowest BCUT2D eigenvalue weighted by Gasteiger charge is -2.18. The number of carbonyl (C=O) groups excluding carboxylic acids is 1. The summed E-state index contributed by atoms with van der Waals surface area (Å²) in [6.07, 6.45) is 2.42. The Hall–Kier alpha value is -1.29. The van der Waals surface area contributed by atoms with Crippen LogP contribution in [0.1, 0.15) is 5.69 Å². The van der Waals surface area contributed by atoms with Crippen LogP contribution in [0.2, 0.25) is 0 Å². The maximum atomic E-state index is 11.0. The van der Waals surface area contributed by atoms with E-state index in [2.05, 4.69) is 4.98 Å². The third kappa shape index (κ3) is 4.16. The van der Waals surface area contributed by atoms with Crippen LogP contribution in [0.4, 0.5) is 4.79 Å². The van der Waals surface area contributed by atoms with Gasteiger partial charge in [-0.25, -0.2) is 4.79 Å². The highest BCUT2D eigenvalue weighted by molar-refractivity contribution is 6.18. The molecular formula is C10H14ClN3O. The van der Waals surface area contributed by atoms with E-state index in [1.165, 1.54) is 4.90 Å². The molecule has 0 radical (unpaired) electrons. The average molecular weight is 228 g/mol. The maximum absolute atomic E-state index is 11.0. The van der Waals surface area contributed by atoms with Gasteiger partial charge in [-0.3, -0.25) is 4.98 Å². The number of pyridine rings is 1. The average Bonchev–Trinajstić information content (AvgIpc) is 2.25. The Morgan fingerprint density at radius 2 is 2.27 bits per heavy atom. The number of halogens is 1. The number of alkyl halides is 1. The highest BCUT2D eigenvalue weighted by Crippen LogP contribution is 1.98. The number of nitrogens with two attached hydrogens (primary N) is 1. The first-order chi connectivity index (χ1) is 7.24. The van der Waals surface area contributed by atoms with Crippen molar-refractivity contribution in [3.63, 3.8) is 0 Å². The first-order valence-corrected chi connectivity index (χ1v) is 5.27. The molecule has 1 rings (SSSR count). The molecule has 4 nitrogen and oxygen atoms in total. The lowest BCUT2D eigenvalue weighted by molar-refractivity contribution is 0.211. The summed E-state index contributed by atoms with van der Waals surface area (Å²) in [5, 5.41) is 0. The summed E-state index contributed by atoms with van der Waals surface area (Å²) < 4.78 is 0. The topological polar surface area (TPSA) is 59.2 Å². The van der Waals surface area contributed by atoms with Gasteiger partial charge in [0, 0.05) is 37.3 Å². The lowest BCUT2D eigenvalue weighted by atomic mass is 10.2. The van der Waals surface area contributed by atoms with Crippen molar-refractivity contribution in [1.29, 1.82) is 0 Å². The fourth-order valence-corrected chi connectivity index (χ4v) is 1.43. The fourth-order valence-electron chi connectivity index (χ4n) is 1.23. The van der Waals surface area contributed by atoms with Crippen molar-refractivity contribution in [1.82, 2.24) is 9.88 Å². The Morgan fingerprint density at radius 1 is 1.47 bits per heavy atom. The van der Waals surface area contributed by atoms with E-state index in [4.69, 9.17) is 17.3 Å². The minimum atomic E-state index is -0.438. The number of hydrogen-bond donors (Lipinski definition) is 1. The molecule has 2 N–H and O–H groups in total. The first-order valence-electron chi connectivity index (χ1n) is 4.74. The Balaban J connectivity index is 2.43. The number of amides is 2. The second-order valence-electron chi connectivity index (χ2n) is 3.09. The van der Waals surface area contributed by atoms with E-state index in [9.17, 15) is 4.79 Å². The number of aromatic nitrogens is 1. The van der Waals surface area contributed by atoms with Crippen LogP contribution in [0.15, 0.2) is 24.4 Å². The van der Waals surface area contributed by atoms with Crippen molar-refractivity contribution in [2.75, 3.05) is 19.0 Å². The zero-order valence-electron chi connectivity index (χ0n) is 8.40. The molecule has 0 bridgehead atoms. The van der Waals surface area contributed by atoms with E-state index >= 15 is 0 Å². The van der Waals surface area contributed by atoms with Crippen molar-refractivity contribution in [2.24, 2.45) is 5.73 Å². The molecule has 15 heavy (non-hydrogen) atoms. The van der Waals surface area contributed by atoms with Crippen LogP contribution in [-0.4, -0.2) is 34.9 Å². The zero-order chi connectivity index (χ0) is 11.1. The molecule has 0 unspecified atom stereocenters. The Bertz CT molecular complexity index is 305. The molecule has 0 spiro atoms. The van der Waals surface area contributed by atoms with Gasteiger partial charge in [0.15, 0.2) is 0 Å². The van der Waals surface area contributed by atoms with Gasteiger partial charge in [0.25, 0.3) is 0 Å². The van der Waals surface area contributed by atoms with E-state index in [0.29, 0.717) is 25.4 Å². The van der Waals surface area contributed by atoms with E-state index in [-0.39, 0.29) is 0 Å². The maximum Gasteiger partial charge on any atom is 0.314 e. The van der Waals surface area contributed by atoms with Gasteiger partial charge in [-0.05, 0) is 12.1 Å². The Kier molecular flexibility index (Phi) is 4.90. The highest BCUT2D eigenvalue weighted by Gasteiger charge is 2.08. The molecule has 0 aliphatic carbocycles. The van der Waals surface area contributed by atoms with Crippen LogP contribution >= 0.6 is 11.6 Å². The molecule has 5 heteroatoms. The predicted octanol–water partition coefficient (Wildman–Crippen LogP) is 1.24. The van der Waals surface area contributed by atoms with Gasteiger partial charge in [-0.1, -0.05) is 6.07 Å². The van der Waals surface area contributed by atoms with E-state index < -0.39 is 6.03 Å². The smallest absolute Gasteiger partial charge is 0.314 e. The van der Waals surface area contributed by atoms with Crippen LogP contribution in [-0.2, 0) is 6.42 Å². The second kappa shape index (κ2) is 6.24. The van der Waals surface area contributed by atoms with E-state index in [1.807, 2.05) is 18.2 Å². The summed E-state index contributed by atoms with van der Waals surface area (Å²) in [6, 6.07) is 5.25. The van der Waals surface area contributed by atoms with Gasteiger partial charge in [0.1, 0.15) is 0 Å². The summed E-state index contributed by atoms with van der Waals surface area (Å²) in [6.45, 7) is 1.03. The monoisotopic (exact) mass is 227 g/mol. The quantitative estimate of drug-likeness (QED) is 0.770. The van der Waals surface area contributed by atoms with Gasteiger partial charge in [-0.15, -0.1) is 11.6 Å². The van der Waals surface area contributed by atoms with Crippen LogP contribution in [0.25, 0.3) is 0 Å². The Labute approximate surface area is 94.0 Å². The lowest BCUT2D eigenvalue weighted by Crippen LogP contribution is -2.38. The van der Waals surface area contributed by atoms with Crippen LogP contribution in [0.3, 0.4) is 0 Å². The second-order valence-corrected chi connectivity index (χ2v) is 3.46. The number of rotatable bonds is 5. The number of nitrogens with zero attached hydrogens (tertiary/aromatic N) is 2. The summed E-state index contributed by atoms with van der Waals surface area (Å²) in [5.41, 5.74) is 6.14. The number of carbonyl (C=O) groups is 1. The third-order valence-electron chi connectivity index (χ3n) is 2.03. The van der Waals surface area contributed by atoms with E-state index in [1.54, 1.807) is 6.20 Å². The van der Waals surface area contributed by atoms with Crippen molar-refractivity contribution >= 4 is 17.6 Å². The molecule has 2 amide bonds. The molecule has 0 aliphatic heterocycles. The van der Waals surface area contributed by atoms with Gasteiger partial charge in [0.05, 0.1) is 0 Å². The largest absolute Gasteiger partial charge is 0.351 e. The van der Waals surface area contributed by atoms with Gasteiger partial charge >= 0.3 is 6.03 Å². The zero-order valence-corrected chi connectivity index (χ0v) is 9.15. The molecular weight excluding hydrogens is 214 g/mol. The summed E-state index contributed by atoms with van der Waals surface area (Å²) in [4.78, 5) is 16.7. The molecule has 0 aliphatic rings. The number of primary amides is 1. The normalized spacial score (nSPS) is 9.93. The van der Waals surface area contributed by atoms with Crippen molar-refractivity contribution < 1.29 is 4.79 Å². The van der Waals surface area contributed by atoms with Gasteiger partial charge in [0.2, 0.25) is 0 Å². The highest BCUT2D eigenvalue weighted by atomic mass is 35.5. The predicted molar refractivity (Wildman–Crippen MR) is 59.8 cm³/mol. The van der Waals surface area contributed by atoms with Crippen LogP contribution < -0.4 is 5.73 Å². The molecule has 0 fully saturated rings. The number of urea groups is 1. The van der Waals surface area contributed by atoms with Crippen molar-refractivity contribution in [3.8, 4) is 0 Å². The van der Waals surface area contributed by atoms with Crippen molar-refractivity contribution in [3.05, 3.63) is 30.1 Å². The molecule has 0 saturated carbocycles. The standard InChI is InChI=1S/C10H14ClN3O/c11-5-8-14(10(12)15)7-4-9-3-1-2-6-13-9/h1-3,6H,4-5,7-8H2,(H2,12,15). The molecule has 1 heterocycles. The summed E-state index contributed by atoms with van der Waals surface area (Å²) >= 11 is 5.56. The minimum absolute atomic E-state index is 0.394. The molecule has 1 aromatic rings. The van der Waals surface area contributed by atoms with Gasteiger partial charge in [-0.2, -0.15) is 0 Å². The molecule has 0 atom stereocenters. The summed E-state index contributed by atoms with van der Waals surface area (Å²) in [7, 11) is 0. The van der Waals surface area contributed by atoms with Gasteiger partial charge < -0.3 is 10.6 Å². The third-order valence-corrected chi connectivity index (χ3v) is 2.20. The SMILES string of the molecule is NC(=O)N(CCCl)CCc1ccccn1. The minimum Gasteiger partial charge on any atom is -0.351 e. The molecule has 82 valence electrons. The molecule has 0 aromatic carbocycles. The van der Waals surface area contributed by atoms with E-state index in [0.717, 1.165) is 5.69 Å².